The van der Waals surface area contributed by atoms with Crippen molar-refractivity contribution in [3.63, 3.8) is 0 Å². The first-order chi connectivity index (χ1) is 8.63. The van der Waals surface area contributed by atoms with E-state index in [0.717, 1.165) is 16.3 Å². The lowest BCUT2D eigenvalue weighted by molar-refractivity contribution is -0.120. The molecule has 0 radical (unpaired) electrons. The number of aromatic nitrogens is 1. The standard InChI is InChI=1S/C13H13FN2OS/c1-9-16-12(8-18-9)6-13(17)15-7-10-2-4-11(14)5-3-10/h2-5,8H,6-7H2,1H3,(H,15,17). The summed E-state index contributed by atoms with van der Waals surface area (Å²) in [7, 11) is 0. The number of aryl methyl sites for hydroxylation is 1. The Hall–Kier alpha value is -1.75. The Morgan fingerprint density at radius 3 is 2.72 bits per heavy atom. The number of rotatable bonds is 4. The van der Waals surface area contributed by atoms with E-state index in [4.69, 9.17) is 0 Å². The van der Waals surface area contributed by atoms with Crippen molar-refractivity contribution in [3.05, 3.63) is 51.7 Å². The predicted molar refractivity (Wildman–Crippen MR) is 68.8 cm³/mol. The molecule has 0 aliphatic carbocycles. The fourth-order valence-electron chi connectivity index (χ4n) is 1.52. The van der Waals surface area contributed by atoms with Crippen LogP contribution in [0.2, 0.25) is 0 Å². The highest BCUT2D eigenvalue weighted by Gasteiger charge is 2.06. The highest BCUT2D eigenvalue weighted by Crippen LogP contribution is 2.08. The third-order valence-corrected chi connectivity index (χ3v) is 3.23. The molecule has 1 heterocycles. The Labute approximate surface area is 109 Å². The van der Waals surface area contributed by atoms with Gasteiger partial charge in [0.05, 0.1) is 17.1 Å². The van der Waals surface area contributed by atoms with Gasteiger partial charge in [-0.25, -0.2) is 9.37 Å². The summed E-state index contributed by atoms with van der Waals surface area (Å²) in [6.45, 7) is 2.31. The number of hydrogen-bond acceptors (Lipinski definition) is 3. The highest BCUT2D eigenvalue weighted by atomic mass is 32.1. The van der Waals surface area contributed by atoms with Crippen molar-refractivity contribution < 1.29 is 9.18 Å². The number of carbonyl (C=O) groups excluding carboxylic acids is 1. The van der Waals surface area contributed by atoms with Gasteiger partial charge in [0.15, 0.2) is 0 Å². The van der Waals surface area contributed by atoms with Crippen molar-refractivity contribution in [2.75, 3.05) is 0 Å². The number of nitrogens with one attached hydrogen (secondary N) is 1. The van der Waals surface area contributed by atoms with Gasteiger partial charge in [0.2, 0.25) is 5.91 Å². The number of amides is 1. The molecule has 18 heavy (non-hydrogen) atoms. The van der Waals surface area contributed by atoms with E-state index >= 15 is 0 Å². The van der Waals surface area contributed by atoms with Gasteiger partial charge in [0.25, 0.3) is 0 Å². The zero-order chi connectivity index (χ0) is 13.0. The van der Waals surface area contributed by atoms with Crippen molar-refractivity contribution in [3.8, 4) is 0 Å². The van der Waals surface area contributed by atoms with Gasteiger partial charge in [-0.3, -0.25) is 4.79 Å². The molecule has 0 saturated carbocycles. The highest BCUT2D eigenvalue weighted by molar-refractivity contribution is 7.09. The van der Waals surface area contributed by atoms with Crippen LogP contribution in [0.1, 0.15) is 16.3 Å². The Bertz CT molecular complexity index is 536. The smallest absolute Gasteiger partial charge is 0.226 e. The molecule has 0 aliphatic heterocycles. The summed E-state index contributed by atoms with van der Waals surface area (Å²) >= 11 is 1.53. The molecule has 0 saturated heterocycles. The summed E-state index contributed by atoms with van der Waals surface area (Å²) in [5.74, 6) is -0.354. The minimum atomic E-state index is -0.275. The fraction of sp³-hybridized carbons (Fsp3) is 0.231. The fourth-order valence-corrected chi connectivity index (χ4v) is 2.13. The van der Waals surface area contributed by atoms with Crippen molar-refractivity contribution in [2.24, 2.45) is 0 Å². The monoisotopic (exact) mass is 264 g/mol. The molecular weight excluding hydrogens is 251 g/mol. The van der Waals surface area contributed by atoms with E-state index in [1.54, 1.807) is 12.1 Å². The predicted octanol–water partition coefficient (Wildman–Crippen LogP) is 2.45. The van der Waals surface area contributed by atoms with Crippen LogP contribution in [0.4, 0.5) is 4.39 Å². The van der Waals surface area contributed by atoms with Gasteiger partial charge >= 0.3 is 0 Å². The molecule has 0 fully saturated rings. The molecule has 1 amide bonds. The average molecular weight is 264 g/mol. The molecule has 2 aromatic rings. The second kappa shape index (κ2) is 5.73. The van der Waals surface area contributed by atoms with Crippen LogP contribution >= 0.6 is 11.3 Å². The maximum atomic E-state index is 12.7. The third-order valence-electron chi connectivity index (χ3n) is 2.41. The van der Waals surface area contributed by atoms with E-state index in [0.29, 0.717) is 6.54 Å². The van der Waals surface area contributed by atoms with Crippen molar-refractivity contribution in [1.82, 2.24) is 10.3 Å². The normalized spacial score (nSPS) is 10.3. The molecule has 0 aliphatic rings. The summed E-state index contributed by atoms with van der Waals surface area (Å²) in [4.78, 5) is 15.9. The van der Waals surface area contributed by atoms with Crippen molar-refractivity contribution in [1.29, 1.82) is 0 Å². The summed E-state index contributed by atoms with van der Waals surface area (Å²) in [5.41, 5.74) is 1.66. The Morgan fingerprint density at radius 2 is 2.11 bits per heavy atom. The molecule has 0 atom stereocenters. The molecule has 2 rings (SSSR count). The molecule has 3 nitrogen and oxygen atoms in total. The molecular formula is C13H13FN2OS. The van der Waals surface area contributed by atoms with E-state index in [-0.39, 0.29) is 18.1 Å². The molecule has 1 N–H and O–H groups in total. The molecule has 0 bridgehead atoms. The SMILES string of the molecule is Cc1nc(CC(=O)NCc2ccc(F)cc2)cs1. The Morgan fingerprint density at radius 1 is 1.39 bits per heavy atom. The van der Waals surface area contributed by atoms with Gasteiger partial charge in [0.1, 0.15) is 5.82 Å². The van der Waals surface area contributed by atoms with Gasteiger partial charge in [-0.1, -0.05) is 12.1 Å². The first-order valence-electron chi connectivity index (χ1n) is 5.55. The van der Waals surface area contributed by atoms with E-state index in [1.807, 2.05) is 12.3 Å². The second-order valence-electron chi connectivity index (χ2n) is 3.94. The van der Waals surface area contributed by atoms with Crippen LogP contribution in [0.15, 0.2) is 29.6 Å². The number of thiazole rings is 1. The van der Waals surface area contributed by atoms with E-state index < -0.39 is 0 Å². The van der Waals surface area contributed by atoms with Crippen LogP contribution in [0.25, 0.3) is 0 Å². The Kier molecular flexibility index (Phi) is 4.04. The number of hydrogen-bond donors (Lipinski definition) is 1. The maximum absolute atomic E-state index is 12.7. The topological polar surface area (TPSA) is 42.0 Å². The van der Waals surface area contributed by atoms with Crippen LogP contribution in [0.5, 0.6) is 0 Å². The van der Waals surface area contributed by atoms with Crippen molar-refractivity contribution >= 4 is 17.2 Å². The van der Waals surface area contributed by atoms with Gasteiger partial charge < -0.3 is 5.32 Å². The lowest BCUT2D eigenvalue weighted by atomic mass is 10.2. The molecule has 0 unspecified atom stereocenters. The molecule has 1 aromatic heterocycles. The van der Waals surface area contributed by atoms with Gasteiger partial charge in [-0.05, 0) is 24.6 Å². The lowest BCUT2D eigenvalue weighted by Crippen LogP contribution is -2.24. The lowest BCUT2D eigenvalue weighted by Gasteiger charge is -2.04. The number of carbonyl (C=O) groups is 1. The minimum Gasteiger partial charge on any atom is -0.352 e. The third kappa shape index (κ3) is 3.63. The van der Waals surface area contributed by atoms with Crippen molar-refractivity contribution in [2.45, 2.75) is 19.9 Å². The zero-order valence-electron chi connectivity index (χ0n) is 9.94. The van der Waals surface area contributed by atoms with Gasteiger partial charge in [-0.15, -0.1) is 11.3 Å². The van der Waals surface area contributed by atoms with Crippen LogP contribution in [-0.2, 0) is 17.8 Å². The molecule has 1 aromatic carbocycles. The van der Waals surface area contributed by atoms with Crippen LogP contribution in [-0.4, -0.2) is 10.9 Å². The van der Waals surface area contributed by atoms with E-state index in [2.05, 4.69) is 10.3 Å². The Balaban J connectivity index is 1.83. The quantitative estimate of drug-likeness (QED) is 0.921. The second-order valence-corrected chi connectivity index (χ2v) is 5.00. The molecule has 94 valence electrons. The largest absolute Gasteiger partial charge is 0.352 e. The first kappa shape index (κ1) is 12.7. The summed E-state index contributed by atoms with van der Waals surface area (Å²) in [5, 5.41) is 5.62. The summed E-state index contributed by atoms with van der Waals surface area (Å²) in [6.07, 6.45) is 0.283. The van der Waals surface area contributed by atoms with Gasteiger partial charge in [0, 0.05) is 11.9 Å². The molecule has 5 heteroatoms. The number of nitrogens with zero attached hydrogens (tertiary/aromatic N) is 1. The number of halogens is 1. The van der Waals surface area contributed by atoms with E-state index in [1.165, 1.54) is 23.5 Å². The van der Waals surface area contributed by atoms with E-state index in [9.17, 15) is 9.18 Å². The number of benzene rings is 1. The summed E-state index contributed by atoms with van der Waals surface area (Å²) < 4.78 is 12.7. The molecule has 0 spiro atoms. The summed E-state index contributed by atoms with van der Waals surface area (Å²) in [6, 6.07) is 6.07. The minimum absolute atomic E-state index is 0.0791. The van der Waals surface area contributed by atoms with Gasteiger partial charge in [-0.2, -0.15) is 0 Å². The first-order valence-corrected chi connectivity index (χ1v) is 6.43. The maximum Gasteiger partial charge on any atom is 0.226 e. The zero-order valence-corrected chi connectivity index (χ0v) is 10.8. The van der Waals surface area contributed by atoms with Crippen LogP contribution in [0, 0.1) is 12.7 Å². The van der Waals surface area contributed by atoms with Crippen LogP contribution in [0.3, 0.4) is 0 Å². The average Bonchev–Trinajstić information content (AvgIpc) is 2.74. The van der Waals surface area contributed by atoms with Crippen LogP contribution < -0.4 is 5.32 Å².